The van der Waals surface area contributed by atoms with Crippen LogP contribution in [0.4, 0.5) is 4.79 Å². The molecule has 1 aromatic rings. The third kappa shape index (κ3) is 4.35. The molecule has 0 radical (unpaired) electrons. The summed E-state index contributed by atoms with van der Waals surface area (Å²) in [6.45, 7) is 2.38. The number of carbonyl (C=O) groups is 1. The number of nitrogens with zero attached hydrogens (tertiary/aromatic N) is 3. The largest absolute Gasteiger partial charge is 0.352 e. The second-order valence-corrected chi connectivity index (χ2v) is 3.98. The first-order valence-corrected chi connectivity index (χ1v) is 5.83. The van der Waals surface area contributed by atoms with Crippen molar-refractivity contribution in [2.75, 3.05) is 0 Å². The van der Waals surface area contributed by atoms with Crippen molar-refractivity contribution in [2.24, 2.45) is 10.8 Å². The summed E-state index contributed by atoms with van der Waals surface area (Å²) in [5.74, 6) is 0. The molecule has 0 aliphatic rings. The Kier molecular flexibility index (Phi) is 5.54. The summed E-state index contributed by atoms with van der Waals surface area (Å²) in [6.07, 6.45) is 1.78. The van der Waals surface area contributed by atoms with Gasteiger partial charge in [0.05, 0.1) is 12.6 Å². The Labute approximate surface area is 106 Å². The summed E-state index contributed by atoms with van der Waals surface area (Å²) >= 11 is 0. The number of primary amides is 1. The van der Waals surface area contributed by atoms with Crippen LogP contribution in [0.25, 0.3) is 10.4 Å². The molecule has 0 saturated heterocycles. The third-order valence-corrected chi connectivity index (χ3v) is 2.59. The molecule has 6 heteroatoms. The number of nitrogens with one attached hydrogen (secondary N) is 1. The highest BCUT2D eigenvalue weighted by Crippen LogP contribution is 2.19. The zero-order valence-electron chi connectivity index (χ0n) is 10.3. The van der Waals surface area contributed by atoms with E-state index in [1.165, 1.54) is 0 Å². The third-order valence-electron chi connectivity index (χ3n) is 2.59. The van der Waals surface area contributed by atoms with Crippen LogP contribution in [0, 0.1) is 0 Å². The summed E-state index contributed by atoms with van der Waals surface area (Å²) in [4.78, 5) is 13.6. The monoisotopic (exact) mass is 247 g/mol. The van der Waals surface area contributed by atoms with E-state index in [-0.39, 0.29) is 6.04 Å². The summed E-state index contributed by atoms with van der Waals surface area (Å²) in [5.41, 5.74) is 15.3. The molecule has 96 valence electrons. The molecule has 0 aliphatic heterocycles. The molecule has 3 N–H and O–H groups in total. The maximum atomic E-state index is 10.9. The molecule has 0 spiro atoms. The summed E-state index contributed by atoms with van der Waals surface area (Å²) in [7, 11) is 0. The van der Waals surface area contributed by atoms with Crippen LogP contribution in [0.2, 0.25) is 0 Å². The molecule has 0 bridgehead atoms. The topological polar surface area (TPSA) is 104 Å². The molecule has 18 heavy (non-hydrogen) atoms. The molecule has 6 nitrogen and oxygen atoms in total. The number of azide groups is 1. The van der Waals surface area contributed by atoms with Crippen molar-refractivity contribution in [1.29, 1.82) is 0 Å². The Morgan fingerprint density at radius 2 is 2.17 bits per heavy atom. The van der Waals surface area contributed by atoms with Gasteiger partial charge in [-0.15, -0.1) is 0 Å². The highest BCUT2D eigenvalue weighted by molar-refractivity contribution is 5.72. The molecule has 1 atom stereocenters. The number of hydrogen-bond donors (Lipinski definition) is 2. The predicted molar refractivity (Wildman–Crippen MR) is 69.7 cm³/mol. The summed E-state index contributed by atoms with van der Waals surface area (Å²) in [6, 6.07) is 7.01. The minimum atomic E-state index is -0.522. The SMILES string of the molecule is CCC[C@@H](NC(N)=O)c1ccc(CN=[N+]=[N-])cc1. The van der Waals surface area contributed by atoms with Gasteiger partial charge in [0.2, 0.25) is 0 Å². The Morgan fingerprint density at radius 1 is 1.50 bits per heavy atom. The molecule has 0 saturated carbocycles. The lowest BCUT2D eigenvalue weighted by atomic mass is 10.0. The number of rotatable bonds is 6. The fraction of sp³-hybridized carbons (Fsp3) is 0.417. The zero-order chi connectivity index (χ0) is 13.4. The Morgan fingerprint density at radius 3 is 2.67 bits per heavy atom. The first kappa shape index (κ1) is 13.9. The number of urea groups is 1. The first-order chi connectivity index (χ1) is 8.67. The van der Waals surface area contributed by atoms with Crippen LogP contribution in [-0.4, -0.2) is 6.03 Å². The number of benzene rings is 1. The number of nitrogens with two attached hydrogens (primary N) is 1. The molecular formula is C12H17N5O. The lowest BCUT2D eigenvalue weighted by Crippen LogP contribution is -2.33. The molecule has 1 rings (SSSR count). The van der Waals surface area contributed by atoms with Crippen LogP contribution in [0.3, 0.4) is 0 Å². The van der Waals surface area contributed by atoms with Crippen molar-refractivity contribution in [3.8, 4) is 0 Å². The van der Waals surface area contributed by atoms with E-state index >= 15 is 0 Å². The molecule has 0 fully saturated rings. The van der Waals surface area contributed by atoms with E-state index in [4.69, 9.17) is 11.3 Å². The van der Waals surface area contributed by atoms with Crippen molar-refractivity contribution >= 4 is 6.03 Å². The lowest BCUT2D eigenvalue weighted by molar-refractivity contribution is 0.244. The van der Waals surface area contributed by atoms with Gasteiger partial charge in [-0.1, -0.05) is 42.7 Å². The number of hydrogen-bond acceptors (Lipinski definition) is 2. The van der Waals surface area contributed by atoms with Gasteiger partial charge in [-0.2, -0.15) is 0 Å². The van der Waals surface area contributed by atoms with Gasteiger partial charge in [-0.05, 0) is 23.1 Å². The van der Waals surface area contributed by atoms with E-state index in [0.29, 0.717) is 6.54 Å². The predicted octanol–water partition coefficient (Wildman–Crippen LogP) is 3.01. The molecule has 0 heterocycles. The fourth-order valence-corrected chi connectivity index (χ4v) is 1.75. The molecule has 0 aliphatic carbocycles. The van der Waals surface area contributed by atoms with E-state index in [9.17, 15) is 4.79 Å². The van der Waals surface area contributed by atoms with Crippen LogP contribution in [0.1, 0.15) is 36.9 Å². The Balaban J connectivity index is 2.78. The van der Waals surface area contributed by atoms with Crippen molar-refractivity contribution < 1.29 is 4.79 Å². The van der Waals surface area contributed by atoms with Crippen molar-refractivity contribution in [2.45, 2.75) is 32.4 Å². The van der Waals surface area contributed by atoms with Gasteiger partial charge in [0.1, 0.15) is 0 Å². The van der Waals surface area contributed by atoms with Gasteiger partial charge in [0.15, 0.2) is 0 Å². The number of carbonyl (C=O) groups excluding carboxylic acids is 1. The fourth-order valence-electron chi connectivity index (χ4n) is 1.75. The second kappa shape index (κ2) is 7.19. The minimum Gasteiger partial charge on any atom is -0.352 e. The maximum absolute atomic E-state index is 10.9. The van der Waals surface area contributed by atoms with E-state index < -0.39 is 6.03 Å². The van der Waals surface area contributed by atoms with Crippen LogP contribution in [0.15, 0.2) is 29.4 Å². The highest BCUT2D eigenvalue weighted by Gasteiger charge is 2.11. The van der Waals surface area contributed by atoms with Crippen LogP contribution in [0.5, 0.6) is 0 Å². The highest BCUT2D eigenvalue weighted by atomic mass is 16.2. The van der Waals surface area contributed by atoms with E-state index in [1.807, 2.05) is 31.2 Å². The first-order valence-electron chi connectivity index (χ1n) is 5.83. The normalized spacial score (nSPS) is 11.4. The Hall–Kier alpha value is -2.20. The van der Waals surface area contributed by atoms with Crippen molar-refractivity contribution in [1.82, 2.24) is 5.32 Å². The maximum Gasteiger partial charge on any atom is 0.312 e. The van der Waals surface area contributed by atoms with E-state index in [2.05, 4.69) is 15.3 Å². The van der Waals surface area contributed by atoms with Crippen LogP contribution in [-0.2, 0) is 6.54 Å². The zero-order valence-corrected chi connectivity index (χ0v) is 10.3. The molecule has 2 amide bonds. The van der Waals surface area contributed by atoms with Gasteiger partial charge in [-0.3, -0.25) is 0 Å². The van der Waals surface area contributed by atoms with Crippen LogP contribution >= 0.6 is 0 Å². The standard InChI is InChI=1S/C12H17N5O/c1-2-3-11(16-12(13)18)10-6-4-9(5-7-10)8-15-17-14/h4-7,11H,2-3,8H2,1H3,(H3,13,16,18)/t11-/m1/s1. The van der Waals surface area contributed by atoms with Crippen molar-refractivity contribution in [3.05, 3.63) is 45.8 Å². The van der Waals surface area contributed by atoms with E-state index in [1.54, 1.807) is 0 Å². The summed E-state index contributed by atoms with van der Waals surface area (Å²) < 4.78 is 0. The number of amides is 2. The molecule has 0 aromatic heterocycles. The minimum absolute atomic E-state index is 0.0685. The van der Waals surface area contributed by atoms with Gasteiger partial charge >= 0.3 is 6.03 Å². The quantitative estimate of drug-likeness (QED) is 0.450. The summed E-state index contributed by atoms with van der Waals surface area (Å²) in [5, 5.41) is 6.21. The lowest BCUT2D eigenvalue weighted by Gasteiger charge is -2.17. The smallest absolute Gasteiger partial charge is 0.312 e. The van der Waals surface area contributed by atoms with Crippen molar-refractivity contribution in [3.63, 3.8) is 0 Å². The Bertz CT molecular complexity index is 436. The molecule has 0 unspecified atom stereocenters. The van der Waals surface area contributed by atoms with Gasteiger partial charge in [0, 0.05) is 4.91 Å². The van der Waals surface area contributed by atoms with E-state index in [0.717, 1.165) is 24.0 Å². The van der Waals surface area contributed by atoms with Gasteiger partial charge in [0.25, 0.3) is 0 Å². The van der Waals surface area contributed by atoms with Gasteiger partial charge < -0.3 is 11.1 Å². The average molecular weight is 247 g/mol. The molecular weight excluding hydrogens is 230 g/mol. The average Bonchev–Trinajstić information content (AvgIpc) is 2.36. The molecule has 1 aromatic carbocycles. The second-order valence-electron chi connectivity index (χ2n) is 3.98. The van der Waals surface area contributed by atoms with Crippen LogP contribution < -0.4 is 11.1 Å². The van der Waals surface area contributed by atoms with Gasteiger partial charge in [-0.25, -0.2) is 4.79 Å².